The van der Waals surface area contributed by atoms with Crippen molar-refractivity contribution >= 4 is 31.6 Å². The number of carbonyl (C=O) groups is 4. The van der Waals surface area contributed by atoms with E-state index < -0.39 is 51.0 Å². The van der Waals surface area contributed by atoms with Crippen LogP contribution in [0.4, 0.5) is 0 Å². The number of ether oxygens (including phenoxy) is 3. The minimum Gasteiger partial charge on any atom is -0.756 e. The topological polar surface area (TPSA) is 167 Å². The molecule has 0 aromatic carbocycles. The Labute approximate surface area is 296 Å². The average Bonchev–Trinajstić information content (AvgIpc) is 3.08. The summed E-state index contributed by atoms with van der Waals surface area (Å²) in [5, 5.41) is 2.43. The van der Waals surface area contributed by atoms with Gasteiger partial charge in [0, 0.05) is 25.8 Å². The van der Waals surface area contributed by atoms with E-state index in [1.54, 1.807) is 0 Å². The summed E-state index contributed by atoms with van der Waals surface area (Å²) in [7, 11) is -3.61. The van der Waals surface area contributed by atoms with Crippen molar-refractivity contribution in [1.29, 1.82) is 0 Å². The molecule has 0 aliphatic rings. The second-order valence-corrected chi connectivity index (χ2v) is 14.1. The van der Waals surface area contributed by atoms with Gasteiger partial charge in [0.05, 0.1) is 26.7 Å². The summed E-state index contributed by atoms with van der Waals surface area (Å²) < 4.78 is 37.3. The first-order valence-corrected chi connectivity index (χ1v) is 20.4. The molecule has 0 heterocycles. The average molecular weight is 721 g/mol. The maximum atomic E-state index is 12.6. The van der Waals surface area contributed by atoms with Crippen molar-refractivity contribution in [3.05, 3.63) is 0 Å². The van der Waals surface area contributed by atoms with Gasteiger partial charge in [-0.15, -0.1) is 0 Å². The number of methoxy groups -OCH3 is 1. The fourth-order valence-corrected chi connectivity index (χ4v) is 5.84. The molecule has 0 aliphatic carbocycles. The fourth-order valence-electron chi connectivity index (χ4n) is 5.10. The predicted molar refractivity (Wildman–Crippen MR) is 188 cm³/mol. The smallest absolute Gasteiger partial charge is 0.306 e. The number of hydrogen-bond acceptors (Lipinski definition) is 11. The number of rotatable bonds is 35. The molecular weight excluding hydrogens is 653 g/mol. The van der Waals surface area contributed by atoms with E-state index in [-0.39, 0.29) is 38.8 Å². The maximum absolute atomic E-state index is 12.6. The number of phosphoric ester groups is 1. The van der Waals surface area contributed by atoms with Crippen molar-refractivity contribution in [1.82, 2.24) is 5.32 Å². The van der Waals surface area contributed by atoms with Crippen LogP contribution in [-0.4, -0.2) is 63.4 Å². The quantitative estimate of drug-likeness (QED) is 0.0296. The molecule has 0 spiro atoms. The molecule has 0 rings (SSSR count). The third kappa shape index (κ3) is 32.9. The lowest BCUT2D eigenvalue weighted by Crippen LogP contribution is -2.31. The molecule has 0 saturated carbocycles. The Morgan fingerprint density at radius 2 is 1.06 bits per heavy atom. The zero-order valence-corrected chi connectivity index (χ0v) is 31.7. The summed E-state index contributed by atoms with van der Waals surface area (Å²) in [4.78, 5) is 60.1. The number of unbranched alkanes of at least 4 members (excludes halogenated alkanes) is 18. The zero-order valence-electron chi connectivity index (χ0n) is 30.8. The van der Waals surface area contributed by atoms with Crippen LogP contribution in [0.15, 0.2) is 0 Å². The van der Waals surface area contributed by atoms with E-state index in [9.17, 15) is 28.6 Å². The maximum Gasteiger partial charge on any atom is 0.306 e. The van der Waals surface area contributed by atoms with Gasteiger partial charge in [0.25, 0.3) is 7.82 Å². The van der Waals surface area contributed by atoms with Gasteiger partial charge >= 0.3 is 17.9 Å². The number of carbonyl (C=O) groups excluding carboxylic acids is 4. The highest BCUT2D eigenvalue weighted by atomic mass is 31.2. The van der Waals surface area contributed by atoms with Crippen molar-refractivity contribution in [2.45, 2.75) is 174 Å². The summed E-state index contributed by atoms with van der Waals surface area (Å²) in [5.74, 6) is -1.97. The van der Waals surface area contributed by atoms with Gasteiger partial charge in [-0.05, 0) is 12.8 Å². The first-order valence-electron chi connectivity index (χ1n) is 18.9. The lowest BCUT2D eigenvalue weighted by Gasteiger charge is -2.25. The predicted octanol–water partition coefficient (Wildman–Crippen LogP) is 7.63. The van der Waals surface area contributed by atoms with Crippen LogP contribution in [0.1, 0.15) is 168 Å². The minimum absolute atomic E-state index is 0.102. The Morgan fingerprint density at radius 3 is 1.55 bits per heavy atom. The van der Waals surface area contributed by atoms with Crippen molar-refractivity contribution in [2.24, 2.45) is 0 Å². The molecule has 1 amide bonds. The molecule has 0 aromatic rings. The molecule has 288 valence electrons. The minimum atomic E-state index is -4.83. The Hall–Kier alpha value is -2.01. The van der Waals surface area contributed by atoms with E-state index >= 15 is 0 Å². The Bertz CT molecular complexity index is 902. The normalized spacial score (nSPS) is 13.0. The van der Waals surface area contributed by atoms with Crippen molar-refractivity contribution in [3.63, 3.8) is 0 Å². The summed E-state index contributed by atoms with van der Waals surface area (Å²) in [6.07, 6.45) is 21.6. The van der Waals surface area contributed by atoms with Gasteiger partial charge in [0.2, 0.25) is 5.91 Å². The van der Waals surface area contributed by atoms with Crippen molar-refractivity contribution in [3.8, 4) is 0 Å². The van der Waals surface area contributed by atoms with Crippen LogP contribution in [-0.2, 0) is 47.0 Å². The van der Waals surface area contributed by atoms with Gasteiger partial charge in [-0.3, -0.25) is 23.7 Å². The molecule has 1 N–H and O–H groups in total. The van der Waals surface area contributed by atoms with Crippen LogP contribution >= 0.6 is 7.82 Å². The Balaban J connectivity index is 4.59. The number of nitrogens with one attached hydrogen (secondary N) is 1. The van der Waals surface area contributed by atoms with E-state index in [0.29, 0.717) is 12.8 Å². The largest absolute Gasteiger partial charge is 0.756 e. The van der Waals surface area contributed by atoms with Crippen molar-refractivity contribution < 1.29 is 51.9 Å². The highest BCUT2D eigenvalue weighted by Gasteiger charge is 2.21. The van der Waals surface area contributed by atoms with E-state index in [0.717, 1.165) is 38.5 Å². The molecule has 0 fully saturated rings. The van der Waals surface area contributed by atoms with Crippen molar-refractivity contribution in [2.75, 3.05) is 33.5 Å². The number of phosphoric acid groups is 1. The first-order chi connectivity index (χ1) is 23.6. The van der Waals surface area contributed by atoms with Crippen LogP contribution in [0.5, 0.6) is 0 Å². The second-order valence-electron chi connectivity index (χ2n) is 12.7. The molecule has 0 radical (unpaired) electrons. The molecule has 0 aromatic heterocycles. The molecule has 12 nitrogen and oxygen atoms in total. The van der Waals surface area contributed by atoms with E-state index in [2.05, 4.69) is 23.9 Å². The molecule has 49 heavy (non-hydrogen) atoms. The van der Waals surface area contributed by atoms with Crippen LogP contribution in [0.25, 0.3) is 0 Å². The molecular formula is C36H67NO11P-. The number of amides is 1. The molecule has 2 atom stereocenters. The number of hydrogen-bond donors (Lipinski definition) is 1. The highest BCUT2D eigenvalue weighted by Crippen LogP contribution is 2.38. The Morgan fingerprint density at radius 1 is 0.592 bits per heavy atom. The van der Waals surface area contributed by atoms with Gasteiger partial charge in [-0.25, -0.2) is 0 Å². The van der Waals surface area contributed by atoms with Gasteiger partial charge in [0.1, 0.15) is 6.61 Å². The molecule has 0 bridgehead atoms. The van der Waals surface area contributed by atoms with Crippen LogP contribution in [0, 0.1) is 0 Å². The zero-order chi connectivity index (χ0) is 36.4. The summed E-state index contributed by atoms with van der Waals surface area (Å²) in [6, 6.07) is 0. The third-order valence-corrected chi connectivity index (χ3v) is 9.04. The summed E-state index contributed by atoms with van der Waals surface area (Å²) in [5.41, 5.74) is 0. The lowest BCUT2D eigenvalue weighted by molar-refractivity contribution is -0.228. The Kier molecular flexibility index (Phi) is 31.8. The molecule has 2 unspecified atom stereocenters. The van der Waals surface area contributed by atoms with Gasteiger partial charge in [0.15, 0.2) is 6.10 Å². The fraction of sp³-hybridized carbons (Fsp3) is 0.889. The monoisotopic (exact) mass is 720 g/mol. The molecule has 0 saturated heterocycles. The van der Waals surface area contributed by atoms with Gasteiger partial charge in [-0.1, -0.05) is 129 Å². The van der Waals surface area contributed by atoms with Crippen LogP contribution in [0.2, 0.25) is 0 Å². The SMILES string of the molecule is CCCCCCCCCCCCC(=O)OCC(COP(=O)([O-])OCCNC(=O)CCC(=O)OC)OC(=O)CCCCCCCCCCCC. The molecule has 13 heteroatoms. The van der Waals surface area contributed by atoms with Gasteiger partial charge < -0.3 is 33.5 Å². The second kappa shape index (κ2) is 33.2. The number of esters is 3. The third-order valence-electron chi connectivity index (χ3n) is 8.07. The lowest BCUT2D eigenvalue weighted by atomic mass is 10.1. The first kappa shape index (κ1) is 47.0. The van der Waals surface area contributed by atoms with Crippen LogP contribution < -0.4 is 10.2 Å². The van der Waals surface area contributed by atoms with E-state index in [1.165, 1.54) is 84.2 Å². The summed E-state index contributed by atoms with van der Waals surface area (Å²) >= 11 is 0. The van der Waals surface area contributed by atoms with E-state index in [1.807, 2.05) is 0 Å². The molecule has 0 aliphatic heterocycles. The van der Waals surface area contributed by atoms with Gasteiger partial charge in [-0.2, -0.15) is 0 Å². The van der Waals surface area contributed by atoms with Crippen LogP contribution in [0.3, 0.4) is 0 Å². The van der Waals surface area contributed by atoms with E-state index in [4.69, 9.17) is 18.5 Å². The highest BCUT2D eigenvalue weighted by molar-refractivity contribution is 7.45. The summed E-state index contributed by atoms with van der Waals surface area (Å²) in [6.45, 7) is 2.96. The standard InChI is InChI=1S/C36H68NO11P/c1-4-6-8-10-12-14-16-18-20-22-24-35(40)45-30-32(48-36(41)25-23-21-19-17-15-13-11-9-7-5-2)31-47-49(42,43)46-29-28-37-33(38)26-27-34(39)44-3/h32H,4-31H2,1-3H3,(H,37,38)(H,42,43)/p-1.